The fourth-order valence-corrected chi connectivity index (χ4v) is 1.21. The van der Waals surface area contributed by atoms with Gasteiger partial charge in [0.15, 0.2) is 5.75 Å². The standard InChI is InChI=1S/C10H8N2O3/c13-9-5-11-12(6-9)8-3-1-7(2-4-8)10(14)15/h1-6,13H,(H,14,15). The molecule has 5 heteroatoms. The minimum absolute atomic E-state index is 0.0670. The molecule has 2 N–H and O–H groups in total. The molecule has 5 nitrogen and oxygen atoms in total. The lowest BCUT2D eigenvalue weighted by Crippen LogP contribution is -1.98. The van der Waals surface area contributed by atoms with Crippen LogP contribution >= 0.6 is 0 Å². The van der Waals surface area contributed by atoms with Crippen LogP contribution < -0.4 is 0 Å². The van der Waals surface area contributed by atoms with Crippen molar-refractivity contribution in [3.05, 3.63) is 42.2 Å². The minimum atomic E-state index is -0.968. The summed E-state index contributed by atoms with van der Waals surface area (Å²) in [4.78, 5) is 10.6. The Kier molecular flexibility index (Phi) is 2.13. The van der Waals surface area contributed by atoms with E-state index in [2.05, 4.69) is 5.10 Å². The van der Waals surface area contributed by atoms with Gasteiger partial charge in [-0.05, 0) is 24.3 Å². The van der Waals surface area contributed by atoms with Crippen molar-refractivity contribution < 1.29 is 15.0 Å². The molecule has 0 bridgehead atoms. The number of carbonyl (C=O) groups is 1. The highest BCUT2D eigenvalue weighted by Gasteiger charge is 2.03. The SMILES string of the molecule is O=C(O)c1ccc(-n2cc(O)cn2)cc1. The van der Waals surface area contributed by atoms with Gasteiger partial charge >= 0.3 is 5.97 Å². The molecule has 0 amide bonds. The Labute approximate surface area is 85.2 Å². The Hall–Kier alpha value is -2.30. The molecule has 0 spiro atoms. The first kappa shape index (κ1) is 9.26. The summed E-state index contributed by atoms with van der Waals surface area (Å²) in [5, 5.41) is 21.6. The van der Waals surface area contributed by atoms with E-state index in [1.807, 2.05) is 0 Å². The number of hydrogen-bond acceptors (Lipinski definition) is 3. The molecule has 0 atom stereocenters. The van der Waals surface area contributed by atoms with Crippen molar-refractivity contribution in [2.24, 2.45) is 0 Å². The van der Waals surface area contributed by atoms with Crippen molar-refractivity contribution >= 4 is 5.97 Å². The zero-order valence-corrected chi connectivity index (χ0v) is 7.66. The molecule has 76 valence electrons. The number of aromatic carboxylic acids is 1. The Balaban J connectivity index is 2.35. The van der Waals surface area contributed by atoms with Crippen molar-refractivity contribution in [1.82, 2.24) is 9.78 Å². The van der Waals surface area contributed by atoms with Gasteiger partial charge in [0.1, 0.15) is 0 Å². The molecule has 15 heavy (non-hydrogen) atoms. The van der Waals surface area contributed by atoms with E-state index in [0.717, 1.165) is 0 Å². The molecule has 0 aliphatic rings. The van der Waals surface area contributed by atoms with Crippen molar-refractivity contribution in [2.45, 2.75) is 0 Å². The van der Waals surface area contributed by atoms with E-state index < -0.39 is 5.97 Å². The number of nitrogens with zero attached hydrogens (tertiary/aromatic N) is 2. The predicted octanol–water partition coefficient (Wildman–Crippen LogP) is 1.28. The van der Waals surface area contributed by atoms with E-state index in [1.165, 1.54) is 29.2 Å². The fourth-order valence-electron chi connectivity index (χ4n) is 1.21. The number of carboxylic acid groups (broad SMARTS) is 1. The second-order valence-electron chi connectivity index (χ2n) is 3.00. The van der Waals surface area contributed by atoms with Gasteiger partial charge in [0.25, 0.3) is 0 Å². The van der Waals surface area contributed by atoms with Gasteiger partial charge in [-0.3, -0.25) is 0 Å². The van der Waals surface area contributed by atoms with Crippen LogP contribution in [0.15, 0.2) is 36.7 Å². The van der Waals surface area contributed by atoms with Gasteiger partial charge < -0.3 is 10.2 Å². The van der Waals surface area contributed by atoms with E-state index in [4.69, 9.17) is 10.2 Å². The summed E-state index contributed by atoms with van der Waals surface area (Å²) in [7, 11) is 0. The Morgan fingerprint density at radius 1 is 1.27 bits per heavy atom. The zero-order chi connectivity index (χ0) is 10.8. The summed E-state index contributed by atoms with van der Waals surface area (Å²) in [5.41, 5.74) is 0.912. The second-order valence-corrected chi connectivity index (χ2v) is 3.00. The van der Waals surface area contributed by atoms with Gasteiger partial charge in [0, 0.05) is 0 Å². The highest BCUT2D eigenvalue weighted by Crippen LogP contribution is 2.12. The molecule has 2 rings (SSSR count). The molecule has 2 aromatic rings. The largest absolute Gasteiger partial charge is 0.505 e. The summed E-state index contributed by atoms with van der Waals surface area (Å²) in [6, 6.07) is 6.21. The van der Waals surface area contributed by atoms with Crippen LogP contribution in [-0.4, -0.2) is 26.0 Å². The van der Waals surface area contributed by atoms with Gasteiger partial charge in [0.05, 0.1) is 23.6 Å². The molecule has 0 radical (unpaired) electrons. The van der Waals surface area contributed by atoms with Gasteiger partial charge in [-0.25, -0.2) is 9.48 Å². The van der Waals surface area contributed by atoms with Gasteiger partial charge in [-0.15, -0.1) is 0 Å². The van der Waals surface area contributed by atoms with Crippen LogP contribution in [0.1, 0.15) is 10.4 Å². The van der Waals surface area contributed by atoms with E-state index >= 15 is 0 Å². The number of hydrogen-bond donors (Lipinski definition) is 2. The highest BCUT2D eigenvalue weighted by atomic mass is 16.4. The molecule has 0 saturated carbocycles. The van der Waals surface area contributed by atoms with E-state index in [1.54, 1.807) is 12.1 Å². The smallest absolute Gasteiger partial charge is 0.335 e. The van der Waals surface area contributed by atoms with Crippen LogP contribution in [0, 0.1) is 0 Å². The van der Waals surface area contributed by atoms with Crippen LogP contribution in [0.2, 0.25) is 0 Å². The fraction of sp³-hybridized carbons (Fsp3) is 0. The van der Waals surface area contributed by atoms with Crippen LogP contribution in [0.5, 0.6) is 5.75 Å². The average molecular weight is 204 g/mol. The lowest BCUT2D eigenvalue weighted by Gasteiger charge is -2.00. The normalized spacial score (nSPS) is 10.1. The van der Waals surface area contributed by atoms with E-state index in [0.29, 0.717) is 5.69 Å². The third kappa shape index (κ3) is 1.80. The summed E-state index contributed by atoms with van der Waals surface area (Å²) in [6.45, 7) is 0. The van der Waals surface area contributed by atoms with Crippen molar-refractivity contribution in [2.75, 3.05) is 0 Å². The van der Waals surface area contributed by atoms with Gasteiger partial charge in [-0.1, -0.05) is 0 Å². The number of aromatic hydroxyl groups is 1. The minimum Gasteiger partial charge on any atom is -0.505 e. The number of carboxylic acids is 1. The summed E-state index contributed by atoms with van der Waals surface area (Å²) < 4.78 is 1.46. The van der Waals surface area contributed by atoms with E-state index in [-0.39, 0.29) is 11.3 Å². The Morgan fingerprint density at radius 2 is 1.93 bits per heavy atom. The molecule has 0 aliphatic carbocycles. The molecule has 1 aromatic carbocycles. The lowest BCUT2D eigenvalue weighted by atomic mass is 10.2. The molecule has 0 aliphatic heterocycles. The van der Waals surface area contributed by atoms with Crippen molar-refractivity contribution in [3.63, 3.8) is 0 Å². The van der Waals surface area contributed by atoms with E-state index in [9.17, 15) is 4.79 Å². The topological polar surface area (TPSA) is 75.3 Å². The van der Waals surface area contributed by atoms with Crippen molar-refractivity contribution in [1.29, 1.82) is 0 Å². The molecular weight excluding hydrogens is 196 g/mol. The lowest BCUT2D eigenvalue weighted by molar-refractivity contribution is 0.0697. The molecule has 1 heterocycles. The van der Waals surface area contributed by atoms with Crippen molar-refractivity contribution in [3.8, 4) is 11.4 Å². The molecule has 0 unspecified atom stereocenters. The summed E-state index contributed by atoms with van der Waals surface area (Å²) >= 11 is 0. The second kappa shape index (κ2) is 3.45. The van der Waals surface area contributed by atoms with Crippen LogP contribution in [-0.2, 0) is 0 Å². The monoisotopic (exact) mass is 204 g/mol. The maximum absolute atomic E-state index is 10.6. The maximum atomic E-state index is 10.6. The first-order chi connectivity index (χ1) is 7.16. The quantitative estimate of drug-likeness (QED) is 0.772. The maximum Gasteiger partial charge on any atom is 0.335 e. The van der Waals surface area contributed by atoms with Crippen LogP contribution in [0.25, 0.3) is 5.69 Å². The molecular formula is C10H8N2O3. The molecule has 1 aromatic heterocycles. The number of rotatable bonds is 2. The predicted molar refractivity (Wildman–Crippen MR) is 52.2 cm³/mol. The first-order valence-corrected chi connectivity index (χ1v) is 4.24. The Morgan fingerprint density at radius 3 is 2.40 bits per heavy atom. The van der Waals surface area contributed by atoms with Gasteiger partial charge in [0.2, 0.25) is 0 Å². The third-order valence-electron chi connectivity index (χ3n) is 1.95. The molecule has 0 fully saturated rings. The Bertz CT molecular complexity index is 488. The van der Waals surface area contributed by atoms with Crippen LogP contribution in [0.3, 0.4) is 0 Å². The third-order valence-corrected chi connectivity index (χ3v) is 1.95. The first-order valence-electron chi connectivity index (χ1n) is 4.24. The molecule has 0 saturated heterocycles. The number of aromatic nitrogens is 2. The summed E-state index contributed by atoms with van der Waals surface area (Å²) in [5.74, 6) is -0.901. The number of benzene rings is 1. The zero-order valence-electron chi connectivity index (χ0n) is 7.66. The van der Waals surface area contributed by atoms with Crippen LogP contribution in [0.4, 0.5) is 0 Å². The summed E-state index contributed by atoms with van der Waals surface area (Å²) in [6.07, 6.45) is 2.75. The highest BCUT2D eigenvalue weighted by molar-refractivity contribution is 5.87. The van der Waals surface area contributed by atoms with Gasteiger partial charge in [-0.2, -0.15) is 5.10 Å². The average Bonchev–Trinajstić information content (AvgIpc) is 2.65.